The van der Waals surface area contributed by atoms with E-state index in [0.29, 0.717) is 0 Å². The lowest BCUT2D eigenvalue weighted by molar-refractivity contribution is -0.385. The molecule has 0 aliphatic heterocycles. The zero-order chi connectivity index (χ0) is 10.9. The Kier molecular flexibility index (Phi) is 2.86. The summed E-state index contributed by atoms with van der Waals surface area (Å²) in [5.41, 5.74) is 0.468. The lowest BCUT2D eigenvalue weighted by Gasteiger charge is -2.02. The van der Waals surface area contributed by atoms with Crippen LogP contribution in [0.2, 0.25) is 5.02 Å². The number of Topliss-reactive ketones (excluding diaryl/α,β-unsaturated/α-hetero) is 1. The number of hydrogen-bond acceptors (Lipinski definition) is 3. The van der Waals surface area contributed by atoms with Gasteiger partial charge in [-0.15, -0.1) is 0 Å². The molecule has 0 bridgehead atoms. The van der Waals surface area contributed by atoms with Crippen molar-refractivity contribution in [2.24, 2.45) is 0 Å². The molecular formula is C9H8ClNO3. The number of nitro groups is 1. The number of ketones is 1. The Morgan fingerprint density at radius 1 is 1.50 bits per heavy atom. The van der Waals surface area contributed by atoms with Crippen molar-refractivity contribution in [1.82, 2.24) is 0 Å². The number of nitro benzene ring substituents is 1. The van der Waals surface area contributed by atoms with Crippen LogP contribution in [-0.4, -0.2) is 10.7 Å². The van der Waals surface area contributed by atoms with E-state index < -0.39 is 4.92 Å². The molecule has 74 valence electrons. The first kappa shape index (κ1) is 10.7. The molecule has 0 aliphatic rings. The van der Waals surface area contributed by atoms with Gasteiger partial charge in [-0.1, -0.05) is 11.6 Å². The Bertz CT molecular complexity index is 415. The summed E-state index contributed by atoms with van der Waals surface area (Å²) >= 11 is 5.68. The highest BCUT2D eigenvalue weighted by molar-refractivity contribution is 6.33. The van der Waals surface area contributed by atoms with Gasteiger partial charge < -0.3 is 0 Å². The van der Waals surface area contributed by atoms with E-state index in [1.54, 1.807) is 6.92 Å². The molecule has 0 saturated carbocycles. The molecule has 1 aromatic carbocycles. The molecular weight excluding hydrogens is 206 g/mol. The third-order valence-corrected chi connectivity index (χ3v) is 2.06. The molecule has 1 rings (SSSR count). The van der Waals surface area contributed by atoms with Gasteiger partial charge in [-0.2, -0.15) is 0 Å². The van der Waals surface area contributed by atoms with Crippen molar-refractivity contribution >= 4 is 23.1 Å². The highest BCUT2D eigenvalue weighted by atomic mass is 35.5. The summed E-state index contributed by atoms with van der Waals surface area (Å²) in [5, 5.41) is 10.6. The topological polar surface area (TPSA) is 60.2 Å². The minimum absolute atomic E-state index is 0.000185. The molecule has 0 unspecified atom stereocenters. The molecule has 0 atom stereocenters. The van der Waals surface area contributed by atoms with Gasteiger partial charge in [0.1, 0.15) is 5.02 Å². The van der Waals surface area contributed by atoms with Crippen LogP contribution in [0.15, 0.2) is 12.1 Å². The van der Waals surface area contributed by atoms with E-state index in [0.717, 1.165) is 5.56 Å². The van der Waals surface area contributed by atoms with Gasteiger partial charge in [0, 0.05) is 0 Å². The van der Waals surface area contributed by atoms with E-state index in [1.807, 2.05) is 0 Å². The lowest BCUT2D eigenvalue weighted by atomic mass is 10.1. The molecule has 1 aromatic rings. The zero-order valence-electron chi connectivity index (χ0n) is 7.70. The maximum absolute atomic E-state index is 11.1. The van der Waals surface area contributed by atoms with Crippen LogP contribution in [0.1, 0.15) is 22.8 Å². The van der Waals surface area contributed by atoms with Gasteiger partial charge in [-0.25, -0.2) is 0 Å². The maximum atomic E-state index is 11.1. The van der Waals surface area contributed by atoms with Gasteiger partial charge >= 0.3 is 0 Å². The fourth-order valence-electron chi connectivity index (χ4n) is 1.19. The fourth-order valence-corrected chi connectivity index (χ4v) is 1.53. The summed E-state index contributed by atoms with van der Waals surface area (Å²) < 4.78 is 0. The third-order valence-electron chi connectivity index (χ3n) is 1.77. The molecule has 4 nitrogen and oxygen atoms in total. The second-order valence-electron chi connectivity index (χ2n) is 2.96. The van der Waals surface area contributed by atoms with Crippen molar-refractivity contribution in [3.63, 3.8) is 0 Å². The number of carbonyl (C=O) groups is 1. The molecule has 5 heteroatoms. The van der Waals surface area contributed by atoms with E-state index in [-0.39, 0.29) is 22.1 Å². The quantitative estimate of drug-likeness (QED) is 0.431. The van der Waals surface area contributed by atoms with E-state index in [1.165, 1.54) is 19.1 Å². The third kappa shape index (κ3) is 1.90. The Hall–Kier alpha value is -1.42. The number of nitrogens with zero attached hydrogens (tertiary/aromatic N) is 1. The molecule has 0 aliphatic carbocycles. The summed E-state index contributed by atoms with van der Waals surface area (Å²) in [4.78, 5) is 21.1. The zero-order valence-corrected chi connectivity index (χ0v) is 8.46. The molecule has 0 saturated heterocycles. The second-order valence-corrected chi connectivity index (χ2v) is 3.36. The van der Waals surface area contributed by atoms with Crippen LogP contribution < -0.4 is 0 Å². The molecule has 0 N–H and O–H groups in total. The molecule has 0 fully saturated rings. The molecule has 0 radical (unpaired) electrons. The minimum atomic E-state index is -0.640. The number of hydrogen-bond donors (Lipinski definition) is 0. The molecule has 0 spiro atoms. The van der Waals surface area contributed by atoms with Crippen molar-refractivity contribution in [2.45, 2.75) is 13.8 Å². The van der Waals surface area contributed by atoms with Gasteiger partial charge in [0.25, 0.3) is 5.69 Å². The Morgan fingerprint density at radius 2 is 2.07 bits per heavy atom. The van der Waals surface area contributed by atoms with Crippen LogP contribution in [-0.2, 0) is 0 Å². The molecule has 0 amide bonds. The Morgan fingerprint density at radius 3 is 2.50 bits per heavy atom. The van der Waals surface area contributed by atoms with Crippen molar-refractivity contribution in [1.29, 1.82) is 0 Å². The monoisotopic (exact) mass is 213 g/mol. The van der Waals surface area contributed by atoms with Gasteiger partial charge in [0.2, 0.25) is 0 Å². The van der Waals surface area contributed by atoms with E-state index in [2.05, 4.69) is 0 Å². The molecule has 0 aromatic heterocycles. The van der Waals surface area contributed by atoms with Crippen LogP contribution in [0.5, 0.6) is 0 Å². The van der Waals surface area contributed by atoms with Crippen molar-refractivity contribution in [2.75, 3.05) is 0 Å². The van der Waals surface area contributed by atoms with E-state index in [4.69, 9.17) is 11.6 Å². The molecule has 0 heterocycles. The first-order chi connectivity index (χ1) is 6.43. The number of aryl methyl sites for hydroxylation is 1. The largest absolute Gasteiger partial charge is 0.298 e. The van der Waals surface area contributed by atoms with Crippen LogP contribution in [0.3, 0.4) is 0 Å². The summed E-state index contributed by atoms with van der Waals surface area (Å²) in [6.45, 7) is 3.00. The first-order valence-electron chi connectivity index (χ1n) is 3.89. The average molecular weight is 214 g/mol. The number of carbonyl (C=O) groups excluding carboxylic acids is 1. The van der Waals surface area contributed by atoms with Gasteiger partial charge in [-0.3, -0.25) is 14.9 Å². The SMILES string of the molecule is CC(=O)c1cc(C)cc(Cl)c1[N+](=O)[O-]. The maximum Gasteiger partial charge on any atom is 0.298 e. The highest BCUT2D eigenvalue weighted by Gasteiger charge is 2.21. The predicted molar refractivity (Wildman–Crippen MR) is 52.8 cm³/mol. The number of rotatable bonds is 2. The summed E-state index contributed by atoms with van der Waals surface area (Å²) in [6.07, 6.45) is 0. The van der Waals surface area contributed by atoms with Crippen molar-refractivity contribution in [3.05, 3.63) is 38.4 Å². The predicted octanol–water partition coefficient (Wildman–Crippen LogP) is 2.76. The Labute approximate surface area is 85.6 Å². The number of benzene rings is 1. The fraction of sp³-hybridized carbons (Fsp3) is 0.222. The second kappa shape index (κ2) is 3.75. The average Bonchev–Trinajstić information content (AvgIpc) is 2.01. The van der Waals surface area contributed by atoms with E-state index in [9.17, 15) is 14.9 Å². The van der Waals surface area contributed by atoms with Gasteiger partial charge in [-0.05, 0) is 31.5 Å². The van der Waals surface area contributed by atoms with Crippen LogP contribution in [0.25, 0.3) is 0 Å². The van der Waals surface area contributed by atoms with Crippen LogP contribution in [0.4, 0.5) is 5.69 Å². The summed E-state index contributed by atoms with van der Waals surface area (Å²) in [6, 6.07) is 2.93. The normalized spacial score (nSPS) is 9.93. The minimum Gasteiger partial charge on any atom is -0.294 e. The summed E-state index contributed by atoms with van der Waals surface area (Å²) in [5.74, 6) is -0.359. The molecule has 14 heavy (non-hydrogen) atoms. The smallest absolute Gasteiger partial charge is 0.294 e. The van der Waals surface area contributed by atoms with Crippen molar-refractivity contribution < 1.29 is 9.72 Å². The van der Waals surface area contributed by atoms with Gasteiger partial charge in [0.15, 0.2) is 5.78 Å². The van der Waals surface area contributed by atoms with E-state index >= 15 is 0 Å². The van der Waals surface area contributed by atoms with Crippen LogP contribution in [0, 0.1) is 17.0 Å². The van der Waals surface area contributed by atoms with Crippen LogP contribution >= 0.6 is 11.6 Å². The standard InChI is InChI=1S/C9H8ClNO3/c1-5-3-7(6(2)12)9(11(13)14)8(10)4-5/h3-4H,1-2H3. The number of halogens is 1. The Balaban J connectivity index is 3.52. The highest BCUT2D eigenvalue weighted by Crippen LogP contribution is 2.30. The summed E-state index contributed by atoms with van der Waals surface area (Å²) in [7, 11) is 0. The van der Waals surface area contributed by atoms with Gasteiger partial charge in [0.05, 0.1) is 10.5 Å². The van der Waals surface area contributed by atoms with Crippen molar-refractivity contribution in [3.8, 4) is 0 Å². The first-order valence-corrected chi connectivity index (χ1v) is 4.26. The lowest BCUT2D eigenvalue weighted by Crippen LogP contribution is -2.01.